The number of aryl methyl sites for hydroxylation is 1. The summed E-state index contributed by atoms with van der Waals surface area (Å²) >= 11 is 0. The van der Waals surface area contributed by atoms with E-state index in [-0.39, 0.29) is 12.1 Å². The van der Waals surface area contributed by atoms with Crippen molar-refractivity contribution in [3.8, 4) is 0 Å². The highest BCUT2D eigenvalue weighted by Gasteiger charge is 2.22. The van der Waals surface area contributed by atoms with E-state index in [4.69, 9.17) is 5.73 Å². The van der Waals surface area contributed by atoms with E-state index in [9.17, 15) is 5.11 Å². The van der Waals surface area contributed by atoms with Crippen molar-refractivity contribution >= 4 is 11.5 Å². The third-order valence-corrected chi connectivity index (χ3v) is 3.19. The molecule has 0 amide bonds. The molecule has 4 N–H and O–H groups in total. The summed E-state index contributed by atoms with van der Waals surface area (Å²) in [6.45, 7) is 1.89. The number of aliphatic hydroxyl groups is 1. The molecule has 2 rings (SSSR count). The number of hydrogen-bond donors (Lipinski definition) is 3. The minimum Gasteiger partial charge on any atom is -0.397 e. The van der Waals surface area contributed by atoms with Crippen LogP contribution in [0.5, 0.6) is 0 Å². The van der Waals surface area contributed by atoms with E-state index in [1.807, 2.05) is 19.1 Å². The zero-order valence-corrected chi connectivity index (χ0v) is 9.61. The van der Waals surface area contributed by atoms with E-state index in [0.717, 1.165) is 30.8 Å². The number of rotatable bonds is 2. The predicted molar refractivity (Wildman–Crippen MR) is 65.3 cm³/mol. The van der Waals surface area contributed by atoms with Crippen molar-refractivity contribution in [2.75, 3.05) is 11.1 Å². The summed E-state index contributed by atoms with van der Waals surface area (Å²) in [4.78, 5) is 4.35. The van der Waals surface area contributed by atoms with Crippen molar-refractivity contribution in [3.05, 3.63) is 17.8 Å². The molecule has 4 nitrogen and oxygen atoms in total. The van der Waals surface area contributed by atoms with Gasteiger partial charge in [0.25, 0.3) is 0 Å². The Kier molecular flexibility index (Phi) is 3.29. The first-order valence-corrected chi connectivity index (χ1v) is 5.84. The van der Waals surface area contributed by atoms with Crippen LogP contribution in [-0.2, 0) is 0 Å². The zero-order chi connectivity index (χ0) is 11.5. The number of aliphatic hydroxyl groups excluding tert-OH is 1. The Labute approximate surface area is 95.9 Å². The lowest BCUT2D eigenvalue weighted by molar-refractivity contribution is 0.116. The molecule has 0 spiro atoms. The van der Waals surface area contributed by atoms with Gasteiger partial charge in [0.2, 0.25) is 0 Å². The molecule has 0 radical (unpaired) electrons. The Bertz CT molecular complexity index is 367. The molecule has 0 bridgehead atoms. The largest absolute Gasteiger partial charge is 0.397 e. The van der Waals surface area contributed by atoms with E-state index in [0.29, 0.717) is 5.69 Å². The van der Waals surface area contributed by atoms with Gasteiger partial charge in [-0.3, -0.25) is 0 Å². The molecule has 16 heavy (non-hydrogen) atoms. The van der Waals surface area contributed by atoms with Crippen LogP contribution < -0.4 is 11.1 Å². The topological polar surface area (TPSA) is 71.2 Å². The van der Waals surface area contributed by atoms with Crippen LogP contribution >= 0.6 is 0 Å². The lowest BCUT2D eigenvalue weighted by Crippen LogP contribution is -2.36. The van der Waals surface area contributed by atoms with E-state index in [2.05, 4.69) is 10.3 Å². The van der Waals surface area contributed by atoms with Crippen molar-refractivity contribution in [3.63, 3.8) is 0 Å². The summed E-state index contributed by atoms with van der Waals surface area (Å²) in [6.07, 6.45) is 3.92. The van der Waals surface area contributed by atoms with Crippen molar-refractivity contribution in [1.29, 1.82) is 0 Å². The van der Waals surface area contributed by atoms with Gasteiger partial charge in [-0.15, -0.1) is 0 Å². The Morgan fingerprint density at radius 3 is 2.81 bits per heavy atom. The minimum atomic E-state index is -0.256. The average molecular weight is 221 g/mol. The Morgan fingerprint density at radius 2 is 2.12 bits per heavy atom. The van der Waals surface area contributed by atoms with Crippen LogP contribution in [0.4, 0.5) is 11.5 Å². The van der Waals surface area contributed by atoms with Gasteiger partial charge < -0.3 is 16.2 Å². The number of nitrogens with two attached hydrogens (primary N) is 1. The summed E-state index contributed by atoms with van der Waals surface area (Å²) < 4.78 is 0. The monoisotopic (exact) mass is 221 g/mol. The number of nitrogens with zero attached hydrogens (tertiary/aromatic N) is 1. The maximum atomic E-state index is 9.84. The molecule has 1 fully saturated rings. The molecule has 0 aromatic carbocycles. The highest BCUT2D eigenvalue weighted by Crippen LogP contribution is 2.22. The van der Waals surface area contributed by atoms with Crippen LogP contribution in [0.2, 0.25) is 0 Å². The lowest BCUT2D eigenvalue weighted by Gasteiger charge is -2.28. The molecule has 2 unspecified atom stereocenters. The first-order chi connectivity index (χ1) is 7.66. The Hall–Kier alpha value is -1.29. The molecule has 1 aromatic heterocycles. The van der Waals surface area contributed by atoms with Gasteiger partial charge in [-0.2, -0.15) is 0 Å². The minimum absolute atomic E-state index is 0.129. The SMILES string of the molecule is Cc1nc(NC2CCCCC2O)ccc1N. The van der Waals surface area contributed by atoms with Crippen molar-refractivity contribution in [2.24, 2.45) is 0 Å². The van der Waals surface area contributed by atoms with E-state index in [1.54, 1.807) is 0 Å². The molecular formula is C12H19N3O. The molecule has 1 heterocycles. The van der Waals surface area contributed by atoms with E-state index in [1.165, 1.54) is 6.42 Å². The molecule has 1 aliphatic rings. The number of pyridine rings is 1. The van der Waals surface area contributed by atoms with E-state index >= 15 is 0 Å². The third kappa shape index (κ3) is 2.44. The number of anilines is 2. The molecule has 1 aromatic rings. The summed E-state index contributed by atoms with van der Waals surface area (Å²) in [5.74, 6) is 0.803. The van der Waals surface area contributed by atoms with Crippen molar-refractivity contribution < 1.29 is 5.11 Å². The van der Waals surface area contributed by atoms with Gasteiger partial charge in [-0.1, -0.05) is 12.8 Å². The maximum Gasteiger partial charge on any atom is 0.126 e. The summed E-state index contributed by atoms with van der Waals surface area (Å²) in [5, 5.41) is 13.1. The molecular weight excluding hydrogens is 202 g/mol. The molecule has 0 saturated heterocycles. The molecule has 4 heteroatoms. The van der Waals surface area contributed by atoms with Crippen LogP contribution in [-0.4, -0.2) is 22.2 Å². The van der Waals surface area contributed by atoms with Gasteiger partial charge in [-0.25, -0.2) is 4.98 Å². The summed E-state index contributed by atoms with van der Waals surface area (Å²) in [7, 11) is 0. The quantitative estimate of drug-likeness (QED) is 0.710. The summed E-state index contributed by atoms with van der Waals surface area (Å²) in [5.41, 5.74) is 7.24. The van der Waals surface area contributed by atoms with Crippen LogP contribution in [0, 0.1) is 6.92 Å². The molecule has 1 aliphatic carbocycles. The number of aromatic nitrogens is 1. The van der Waals surface area contributed by atoms with E-state index < -0.39 is 0 Å². The first-order valence-electron chi connectivity index (χ1n) is 5.84. The second kappa shape index (κ2) is 4.70. The van der Waals surface area contributed by atoms with Crippen LogP contribution in [0.1, 0.15) is 31.4 Å². The van der Waals surface area contributed by atoms with Gasteiger partial charge in [0.05, 0.1) is 23.5 Å². The molecule has 2 atom stereocenters. The maximum absolute atomic E-state index is 9.84. The zero-order valence-electron chi connectivity index (χ0n) is 9.61. The number of hydrogen-bond acceptors (Lipinski definition) is 4. The third-order valence-electron chi connectivity index (χ3n) is 3.19. The fourth-order valence-corrected chi connectivity index (χ4v) is 2.12. The average Bonchev–Trinajstić information content (AvgIpc) is 2.27. The van der Waals surface area contributed by atoms with Crippen LogP contribution in [0.25, 0.3) is 0 Å². The van der Waals surface area contributed by atoms with Crippen LogP contribution in [0.3, 0.4) is 0 Å². The second-order valence-corrected chi connectivity index (χ2v) is 4.47. The number of nitrogens with one attached hydrogen (secondary N) is 1. The van der Waals surface area contributed by atoms with Gasteiger partial charge >= 0.3 is 0 Å². The van der Waals surface area contributed by atoms with Crippen LogP contribution in [0.15, 0.2) is 12.1 Å². The normalized spacial score (nSPS) is 25.4. The molecule has 0 aliphatic heterocycles. The first kappa shape index (κ1) is 11.2. The smallest absolute Gasteiger partial charge is 0.126 e. The Balaban J connectivity index is 2.05. The second-order valence-electron chi connectivity index (χ2n) is 4.47. The lowest BCUT2D eigenvalue weighted by atomic mass is 9.92. The number of nitrogen functional groups attached to an aromatic ring is 1. The van der Waals surface area contributed by atoms with Crippen molar-refractivity contribution in [2.45, 2.75) is 44.8 Å². The Morgan fingerprint density at radius 1 is 1.38 bits per heavy atom. The standard InChI is InChI=1S/C12H19N3O/c1-8-9(13)6-7-12(14-8)15-10-4-2-3-5-11(10)16/h6-7,10-11,16H,2-5,13H2,1H3,(H,14,15). The highest BCUT2D eigenvalue weighted by atomic mass is 16.3. The van der Waals surface area contributed by atoms with Gasteiger partial charge in [0, 0.05) is 0 Å². The molecule has 88 valence electrons. The van der Waals surface area contributed by atoms with Crippen molar-refractivity contribution in [1.82, 2.24) is 4.98 Å². The fourth-order valence-electron chi connectivity index (χ4n) is 2.12. The highest BCUT2D eigenvalue weighted by molar-refractivity contribution is 5.49. The van der Waals surface area contributed by atoms with Gasteiger partial charge in [0.15, 0.2) is 0 Å². The molecule has 1 saturated carbocycles. The summed E-state index contributed by atoms with van der Waals surface area (Å²) in [6, 6.07) is 3.84. The fraction of sp³-hybridized carbons (Fsp3) is 0.583. The predicted octanol–water partition coefficient (Wildman–Crippen LogP) is 1.69. The van der Waals surface area contributed by atoms with Gasteiger partial charge in [0.1, 0.15) is 5.82 Å². The van der Waals surface area contributed by atoms with Gasteiger partial charge in [-0.05, 0) is 31.9 Å².